The van der Waals surface area contributed by atoms with E-state index < -0.39 is 0 Å². The fourth-order valence-corrected chi connectivity index (χ4v) is 2.98. The fraction of sp³-hybridized carbons (Fsp3) is 0.143. The second-order valence-corrected chi connectivity index (χ2v) is 6.47. The summed E-state index contributed by atoms with van der Waals surface area (Å²) in [4.78, 5) is 11.9. The van der Waals surface area contributed by atoms with Crippen molar-refractivity contribution >= 4 is 23.7 Å². The summed E-state index contributed by atoms with van der Waals surface area (Å²) in [5, 5.41) is 4.59. The molecule has 3 rings (SSSR count). The maximum atomic E-state index is 11.9. The zero-order valence-electron chi connectivity index (χ0n) is 15.1. The number of para-hydroxylation sites is 1. The van der Waals surface area contributed by atoms with E-state index in [0.29, 0.717) is 10.8 Å². The van der Waals surface area contributed by atoms with Gasteiger partial charge in [-0.15, -0.1) is 0 Å². The van der Waals surface area contributed by atoms with Gasteiger partial charge in [-0.3, -0.25) is 4.79 Å². The molecule has 0 unspecified atom stereocenters. The van der Waals surface area contributed by atoms with Crippen LogP contribution in [-0.2, 0) is 4.79 Å². The average molecular weight is 382 g/mol. The molecular weight excluding hydrogens is 362 g/mol. The Kier molecular flexibility index (Phi) is 5.94. The molecule has 0 aliphatic rings. The lowest BCUT2D eigenvalue weighted by molar-refractivity contribution is -0.123. The molecule has 0 radical (unpaired) electrons. The maximum absolute atomic E-state index is 11.9. The summed E-state index contributed by atoms with van der Waals surface area (Å²) in [6.45, 7) is 3.92. The molecule has 138 valence electrons. The summed E-state index contributed by atoms with van der Waals surface area (Å²) < 4.78 is 7.53. The molecule has 2 aromatic carbocycles. The van der Waals surface area contributed by atoms with Gasteiger partial charge in [0, 0.05) is 27.7 Å². The van der Waals surface area contributed by atoms with Crippen molar-refractivity contribution in [2.75, 3.05) is 6.61 Å². The number of aromatic nitrogens is 1. The highest BCUT2D eigenvalue weighted by molar-refractivity contribution is 6.30. The lowest BCUT2D eigenvalue weighted by Gasteiger charge is -2.09. The quantitative estimate of drug-likeness (QED) is 0.512. The van der Waals surface area contributed by atoms with Gasteiger partial charge in [0.05, 0.1) is 6.21 Å². The zero-order chi connectivity index (χ0) is 19.2. The standard InChI is InChI=1S/C21H20ClN3O2/c1-15-11-17(16(2)25(15)19-8-4-3-5-9-19)13-23-24-21(26)14-27-20-10-6-7-18(22)12-20/h3-13H,14H2,1-2H3,(H,24,26)/b23-13+. The number of nitrogens with zero attached hydrogens (tertiary/aromatic N) is 2. The van der Waals surface area contributed by atoms with E-state index in [-0.39, 0.29) is 12.5 Å². The SMILES string of the molecule is Cc1cc(/C=N/NC(=O)COc2cccc(Cl)c2)c(C)n1-c1ccccc1. The van der Waals surface area contributed by atoms with Gasteiger partial charge in [-0.25, -0.2) is 5.43 Å². The molecule has 0 atom stereocenters. The molecular formula is C21H20ClN3O2. The molecule has 3 aromatic rings. The summed E-state index contributed by atoms with van der Waals surface area (Å²) in [6.07, 6.45) is 1.64. The van der Waals surface area contributed by atoms with Gasteiger partial charge in [0.15, 0.2) is 6.61 Å². The molecule has 27 heavy (non-hydrogen) atoms. The van der Waals surface area contributed by atoms with E-state index in [9.17, 15) is 4.79 Å². The Hall–Kier alpha value is -3.05. The average Bonchev–Trinajstić information content (AvgIpc) is 2.94. The third kappa shape index (κ3) is 4.77. The van der Waals surface area contributed by atoms with Crippen LogP contribution in [0.3, 0.4) is 0 Å². The minimum atomic E-state index is -0.344. The van der Waals surface area contributed by atoms with Crippen molar-refractivity contribution in [1.29, 1.82) is 0 Å². The van der Waals surface area contributed by atoms with E-state index in [2.05, 4.69) is 27.2 Å². The molecule has 0 fully saturated rings. The van der Waals surface area contributed by atoms with Crippen LogP contribution in [0.15, 0.2) is 65.8 Å². The van der Waals surface area contributed by atoms with Crippen LogP contribution in [0.25, 0.3) is 5.69 Å². The number of nitrogens with one attached hydrogen (secondary N) is 1. The number of benzene rings is 2. The van der Waals surface area contributed by atoms with E-state index >= 15 is 0 Å². The summed E-state index contributed by atoms with van der Waals surface area (Å²) in [7, 11) is 0. The first-order valence-electron chi connectivity index (χ1n) is 8.49. The Balaban J connectivity index is 1.61. The number of ether oxygens (including phenoxy) is 1. The molecule has 0 bridgehead atoms. The van der Waals surface area contributed by atoms with Crippen LogP contribution < -0.4 is 10.2 Å². The van der Waals surface area contributed by atoms with Gasteiger partial charge in [-0.2, -0.15) is 5.10 Å². The first-order valence-corrected chi connectivity index (χ1v) is 8.87. The van der Waals surface area contributed by atoms with Crippen LogP contribution in [-0.4, -0.2) is 23.3 Å². The molecule has 0 aliphatic carbocycles. The highest BCUT2D eigenvalue weighted by Crippen LogP contribution is 2.19. The third-order valence-electron chi connectivity index (χ3n) is 4.04. The van der Waals surface area contributed by atoms with Gasteiger partial charge >= 0.3 is 0 Å². The Morgan fingerprint density at radius 1 is 1.15 bits per heavy atom. The van der Waals surface area contributed by atoms with Crippen molar-refractivity contribution in [3.63, 3.8) is 0 Å². The van der Waals surface area contributed by atoms with Gasteiger partial charge in [-0.05, 0) is 50.2 Å². The van der Waals surface area contributed by atoms with E-state index in [1.807, 2.05) is 38.1 Å². The summed E-state index contributed by atoms with van der Waals surface area (Å²) in [6, 6.07) is 19.0. The zero-order valence-corrected chi connectivity index (χ0v) is 15.9. The number of rotatable bonds is 6. The van der Waals surface area contributed by atoms with Crippen LogP contribution in [0.1, 0.15) is 17.0 Å². The molecule has 0 saturated heterocycles. The molecule has 1 N–H and O–H groups in total. The molecule has 0 aliphatic heterocycles. The first-order chi connectivity index (χ1) is 13.0. The number of amides is 1. The highest BCUT2D eigenvalue weighted by Gasteiger charge is 2.09. The Morgan fingerprint density at radius 2 is 1.93 bits per heavy atom. The topological polar surface area (TPSA) is 55.6 Å². The predicted octanol–water partition coefficient (Wildman–Crippen LogP) is 4.28. The number of carbonyl (C=O) groups excluding carboxylic acids is 1. The van der Waals surface area contributed by atoms with Crippen LogP contribution in [0.4, 0.5) is 0 Å². The number of hydrogen-bond donors (Lipinski definition) is 1. The minimum absolute atomic E-state index is 0.138. The predicted molar refractivity (Wildman–Crippen MR) is 108 cm³/mol. The van der Waals surface area contributed by atoms with Crippen molar-refractivity contribution in [3.8, 4) is 11.4 Å². The molecule has 6 heteroatoms. The third-order valence-corrected chi connectivity index (χ3v) is 4.28. The lowest BCUT2D eigenvalue weighted by Crippen LogP contribution is -2.24. The van der Waals surface area contributed by atoms with E-state index in [1.165, 1.54) is 0 Å². The monoisotopic (exact) mass is 381 g/mol. The number of hydrazone groups is 1. The van der Waals surface area contributed by atoms with Gasteiger partial charge < -0.3 is 9.30 Å². The van der Waals surface area contributed by atoms with Gasteiger partial charge in [0.1, 0.15) is 5.75 Å². The summed E-state index contributed by atoms with van der Waals surface area (Å²) >= 11 is 5.88. The fourth-order valence-electron chi connectivity index (χ4n) is 2.80. The van der Waals surface area contributed by atoms with Gasteiger partial charge in [0.2, 0.25) is 0 Å². The Labute approximate surface area is 163 Å². The molecule has 1 amide bonds. The number of aryl methyl sites for hydroxylation is 1. The number of carbonyl (C=O) groups is 1. The molecule has 5 nitrogen and oxygen atoms in total. The molecule has 0 saturated carbocycles. The second kappa shape index (κ2) is 8.56. The number of halogens is 1. The van der Waals surface area contributed by atoms with Crippen molar-refractivity contribution in [3.05, 3.63) is 82.6 Å². The second-order valence-electron chi connectivity index (χ2n) is 6.04. The van der Waals surface area contributed by atoms with Crippen molar-refractivity contribution in [1.82, 2.24) is 9.99 Å². The molecule has 1 heterocycles. The summed E-state index contributed by atoms with van der Waals surface area (Å²) in [5.41, 5.74) is 6.64. The van der Waals surface area contributed by atoms with Crippen LogP contribution >= 0.6 is 11.6 Å². The highest BCUT2D eigenvalue weighted by atomic mass is 35.5. The first kappa shape index (κ1) is 18.7. The number of hydrogen-bond acceptors (Lipinski definition) is 3. The smallest absolute Gasteiger partial charge is 0.277 e. The van der Waals surface area contributed by atoms with Crippen LogP contribution in [0, 0.1) is 13.8 Å². The summed E-state index contributed by atoms with van der Waals surface area (Å²) in [5.74, 6) is 0.191. The minimum Gasteiger partial charge on any atom is -0.484 e. The van der Waals surface area contributed by atoms with Crippen molar-refractivity contribution in [2.24, 2.45) is 5.10 Å². The molecule has 0 spiro atoms. The van der Waals surface area contributed by atoms with Crippen molar-refractivity contribution < 1.29 is 9.53 Å². The van der Waals surface area contributed by atoms with E-state index in [0.717, 1.165) is 22.6 Å². The normalized spacial score (nSPS) is 10.9. The maximum Gasteiger partial charge on any atom is 0.277 e. The van der Waals surface area contributed by atoms with E-state index in [4.69, 9.17) is 16.3 Å². The molecule has 1 aromatic heterocycles. The largest absolute Gasteiger partial charge is 0.484 e. The van der Waals surface area contributed by atoms with Crippen LogP contribution in [0.2, 0.25) is 5.02 Å². The lowest BCUT2D eigenvalue weighted by atomic mass is 10.2. The van der Waals surface area contributed by atoms with E-state index in [1.54, 1.807) is 30.5 Å². The van der Waals surface area contributed by atoms with Gasteiger partial charge in [0.25, 0.3) is 5.91 Å². The Bertz CT molecular complexity index is 965. The van der Waals surface area contributed by atoms with Crippen molar-refractivity contribution in [2.45, 2.75) is 13.8 Å². The van der Waals surface area contributed by atoms with Gasteiger partial charge in [-0.1, -0.05) is 35.9 Å². The Morgan fingerprint density at radius 3 is 2.67 bits per heavy atom. The van der Waals surface area contributed by atoms with Crippen LogP contribution in [0.5, 0.6) is 5.75 Å².